The van der Waals surface area contributed by atoms with Crippen LogP contribution in [0.1, 0.15) is 19.3 Å². The van der Waals surface area contributed by atoms with Crippen molar-refractivity contribution in [2.24, 2.45) is 0 Å². The summed E-state index contributed by atoms with van der Waals surface area (Å²) >= 11 is 0. The predicted molar refractivity (Wildman–Crippen MR) is 88.5 cm³/mol. The molecule has 24 heavy (non-hydrogen) atoms. The molecule has 2 fully saturated rings. The van der Waals surface area contributed by atoms with Crippen LogP contribution in [0.2, 0.25) is 0 Å². The molecule has 2 aliphatic rings. The number of imide groups is 1. The van der Waals surface area contributed by atoms with Crippen LogP contribution < -0.4 is 10.6 Å². The lowest BCUT2D eigenvalue weighted by atomic mass is 10.0. The second-order valence-corrected chi connectivity index (χ2v) is 6.01. The Labute approximate surface area is 141 Å². The molecule has 2 saturated heterocycles. The van der Waals surface area contributed by atoms with Crippen molar-refractivity contribution in [1.29, 1.82) is 0 Å². The summed E-state index contributed by atoms with van der Waals surface area (Å²) in [6, 6.07) is 8.57. The molecular weight excluding hydrogens is 310 g/mol. The molecule has 0 saturated carbocycles. The van der Waals surface area contributed by atoms with Gasteiger partial charge in [-0.3, -0.25) is 15.0 Å². The summed E-state index contributed by atoms with van der Waals surface area (Å²) in [6.45, 7) is 2.17. The van der Waals surface area contributed by atoms with Crippen molar-refractivity contribution in [2.45, 2.75) is 31.6 Å². The lowest BCUT2D eigenvalue weighted by Gasteiger charge is -2.37. The van der Waals surface area contributed by atoms with E-state index in [1.807, 2.05) is 23.1 Å². The number of piperidine rings is 1. The van der Waals surface area contributed by atoms with Crippen molar-refractivity contribution in [3.63, 3.8) is 0 Å². The van der Waals surface area contributed by atoms with E-state index in [0.29, 0.717) is 18.9 Å². The summed E-state index contributed by atoms with van der Waals surface area (Å²) in [5.74, 6) is -0.326. The monoisotopic (exact) mass is 333 g/mol. The molecule has 2 N–H and O–H groups in total. The summed E-state index contributed by atoms with van der Waals surface area (Å²) < 4.78 is 11.2. The van der Waals surface area contributed by atoms with Crippen LogP contribution >= 0.6 is 0 Å². The van der Waals surface area contributed by atoms with Gasteiger partial charge in [0.25, 0.3) is 0 Å². The molecular formula is C17H23N3O4. The Morgan fingerprint density at radius 2 is 1.88 bits per heavy atom. The van der Waals surface area contributed by atoms with Gasteiger partial charge in [0.05, 0.1) is 25.8 Å². The molecule has 0 radical (unpaired) electrons. The van der Waals surface area contributed by atoms with Gasteiger partial charge in [-0.2, -0.15) is 0 Å². The van der Waals surface area contributed by atoms with Crippen LogP contribution in [0.5, 0.6) is 0 Å². The minimum atomic E-state index is -0.520. The Hall–Kier alpha value is -1.96. The zero-order valence-electron chi connectivity index (χ0n) is 13.6. The molecule has 7 nitrogen and oxygen atoms in total. The van der Waals surface area contributed by atoms with E-state index >= 15 is 0 Å². The van der Waals surface area contributed by atoms with Crippen LogP contribution in [0.15, 0.2) is 30.3 Å². The van der Waals surface area contributed by atoms with Gasteiger partial charge in [-0.25, -0.2) is 4.79 Å². The van der Waals surface area contributed by atoms with E-state index < -0.39 is 6.03 Å². The number of carbonyl (C=O) groups excluding carboxylic acids is 2. The number of nitrogens with one attached hydrogen (secondary N) is 2. The molecule has 130 valence electrons. The van der Waals surface area contributed by atoms with E-state index in [9.17, 15) is 9.59 Å². The molecule has 3 rings (SSSR count). The minimum Gasteiger partial charge on any atom is -0.349 e. The van der Waals surface area contributed by atoms with Gasteiger partial charge in [-0.05, 0) is 31.5 Å². The molecule has 0 aromatic heterocycles. The largest absolute Gasteiger partial charge is 0.349 e. The molecule has 1 aromatic rings. The van der Waals surface area contributed by atoms with E-state index in [1.165, 1.54) is 0 Å². The summed E-state index contributed by atoms with van der Waals surface area (Å²) in [5, 5.41) is 5.01. The van der Waals surface area contributed by atoms with Gasteiger partial charge in [-0.1, -0.05) is 24.6 Å². The van der Waals surface area contributed by atoms with Crippen LogP contribution in [0.3, 0.4) is 0 Å². The van der Waals surface area contributed by atoms with Crippen LogP contribution in [0, 0.1) is 0 Å². The van der Waals surface area contributed by atoms with Crippen molar-refractivity contribution < 1.29 is 19.1 Å². The molecule has 2 heterocycles. The summed E-state index contributed by atoms with van der Waals surface area (Å²) in [6.07, 6.45) is 2.80. The Bertz CT molecular complexity index is 560. The van der Waals surface area contributed by atoms with E-state index in [4.69, 9.17) is 9.47 Å². The molecule has 2 aliphatic heterocycles. The average Bonchev–Trinajstić information content (AvgIpc) is 3.10. The van der Waals surface area contributed by atoms with Crippen LogP contribution in [-0.2, 0) is 14.3 Å². The number of benzene rings is 1. The maximum Gasteiger partial charge on any atom is 0.325 e. The van der Waals surface area contributed by atoms with Crippen molar-refractivity contribution in [3.05, 3.63) is 30.3 Å². The van der Waals surface area contributed by atoms with Crippen molar-refractivity contribution >= 4 is 17.6 Å². The number of urea groups is 1. The Kier molecular flexibility index (Phi) is 5.79. The molecule has 3 amide bonds. The average molecular weight is 333 g/mol. The zero-order chi connectivity index (χ0) is 16.8. The van der Waals surface area contributed by atoms with Gasteiger partial charge in [0, 0.05) is 5.69 Å². The lowest BCUT2D eigenvalue weighted by Crippen LogP contribution is -2.51. The van der Waals surface area contributed by atoms with E-state index in [0.717, 1.165) is 25.8 Å². The van der Waals surface area contributed by atoms with E-state index in [-0.39, 0.29) is 24.8 Å². The van der Waals surface area contributed by atoms with Gasteiger partial charge in [0.15, 0.2) is 6.29 Å². The Morgan fingerprint density at radius 3 is 2.62 bits per heavy atom. The quantitative estimate of drug-likeness (QED) is 0.874. The lowest BCUT2D eigenvalue weighted by molar-refractivity contribution is -0.130. The zero-order valence-corrected chi connectivity index (χ0v) is 13.6. The first-order chi connectivity index (χ1) is 11.7. The molecule has 0 bridgehead atoms. The number of carbonyl (C=O) groups is 2. The first-order valence-corrected chi connectivity index (χ1v) is 8.35. The topological polar surface area (TPSA) is 79.9 Å². The number of rotatable bonds is 4. The van der Waals surface area contributed by atoms with Gasteiger partial charge in [0.2, 0.25) is 5.91 Å². The molecule has 1 aromatic carbocycles. The third kappa shape index (κ3) is 4.53. The van der Waals surface area contributed by atoms with Gasteiger partial charge < -0.3 is 14.8 Å². The number of amides is 3. The summed E-state index contributed by atoms with van der Waals surface area (Å²) in [4.78, 5) is 26.1. The van der Waals surface area contributed by atoms with E-state index in [1.54, 1.807) is 12.1 Å². The van der Waals surface area contributed by atoms with Gasteiger partial charge in [-0.15, -0.1) is 0 Å². The fourth-order valence-electron chi connectivity index (χ4n) is 3.15. The highest BCUT2D eigenvalue weighted by Gasteiger charge is 2.34. The normalized spacial score (nSPS) is 22.2. The molecule has 0 spiro atoms. The SMILES string of the molecule is O=C(CN1CCCCC1C1OCCO1)NC(=O)Nc1ccccc1. The second-order valence-electron chi connectivity index (χ2n) is 6.01. The molecule has 7 heteroatoms. The first-order valence-electron chi connectivity index (χ1n) is 8.35. The van der Waals surface area contributed by atoms with Crippen molar-refractivity contribution in [3.8, 4) is 0 Å². The Balaban J connectivity index is 1.50. The predicted octanol–water partition coefficient (Wildman–Crippen LogP) is 1.56. The number of anilines is 1. The minimum absolute atomic E-state index is 0.0733. The number of hydrogen-bond donors (Lipinski definition) is 2. The third-order valence-corrected chi connectivity index (χ3v) is 4.26. The second kappa shape index (κ2) is 8.23. The van der Waals surface area contributed by atoms with Gasteiger partial charge >= 0.3 is 6.03 Å². The maximum atomic E-state index is 12.2. The number of likely N-dealkylation sites (tertiary alicyclic amines) is 1. The van der Waals surface area contributed by atoms with Crippen molar-refractivity contribution in [2.75, 3.05) is 31.6 Å². The fourth-order valence-corrected chi connectivity index (χ4v) is 3.15. The number of para-hydroxylation sites is 1. The van der Waals surface area contributed by atoms with Crippen LogP contribution in [-0.4, -0.2) is 55.5 Å². The molecule has 1 unspecified atom stereocenters. The maximum absolute atomic E-state index is 12.2. The molecule has 1 atom stereocenters. The number of nitrogens with zero attached hydrogens (tertiary/aromatic N) is 1. The first kappa shape index (κ1) is 16.9. The summed E-state index contributed by atoms with van der Waals surface area (Å²) in [5.41, 5.74) is 0.645. The smallest absolute Gasteiger partial charge is 0.325 e. The van der Waals surface area contributed by atoms with E-state index in [2.05, 4.69) is 10.6 Å². The summed E-state index contributed by atoms with van der Waals surface area (Å²) in [7, 11) is 0. The highest BCUT2D eigenvalue weighted by molar-refractivity contribution is 6.01. The Morgan fingerprint density at radius 1 is 1.12 bits per heavy atom. The fraction of sp³-hybridized carbons (Fsp3) is 0.529. The molecule has 0 aliphatic carbocycles. The number of hydrogen-bond acceptors (Lipinski definition) is 5. The van der Waals surface area contributed by atoms with Crippen LogP contribution in [0.25, 0.3) is 0 Å². The highest BCUT2D eigenvalue weighted by atomic mass is 16.7. The van der Waals surface area contributed by atoms with Crippen molar-refractivity contribution in [1.82, 2.24) is 10.2 Å². The van der Waals surface area contributed by atoms with Crippen LogP contribution in [0.4, 0.5) is 10.5 Å². The highest BCUT2D eigenvalue weighted by Crippen LogP contribution is 2.23. The standard InChI is InChI=1S/C17H23N3O4/c21-15(19-17(22)18-13-6-2-1-3-7-13)12-20-9-5-4-8-14(20)16-23-10-11-24-16/h1-3,6-7,14,16H,4-5,8-12H2,(H2,18,19,21,22). The third-order valence-electron chi connectivity index (χ3n) is 4.26. The van der Waals surface area contributed by atoms with Gasteiger partial charge in [0.1, 0.15) is 0 Å². The number of ether oxygens (including phenoxy) is 2.